The Kier molecular flexibility index (Phi) is 5.27. The van der Waals surface area contributed by atoms with Crippen molar-refractivity contribution >= 4 is 17.9 Å². The van der Waals surface area contributed by atoms with E-state index in [0.29, 0.717) is 12.0 Å². The van der Waals surface area contributed by atoms with E-state index in [9.17, 15) is 9.59 Å². The molecule has 0 bridgehead atoms. The number of hydrogen-bond acceptors (Lipinski definition) is 3. The van der Waals surface area contributed by atoms with Gasteiger partial charge < -0.3 is 9.73 Å². The molecule has 1 heterocycles. The van der Waals surface area contributed by atoms with Crippen LogP contribution >= 0.6 is 0 Å². The van der Waals surface area contributed by atoms with Gasteiger partial charge in [-0.15, -0.1) is 0 Å². The summed E-state index contributed by atoms with van der Waals surface area (Å²) in [5.41, 5.74) is 0.500. The largest absolute Gasteiger partial charge is 0.459 e. The van der Waals surface area contributed by atoms with Crippen molar-refractivity contribution in [1.29, 1.82) is 0 Å². The highest BCUT2D eigenvalue weighted by Crippen LogP contribution is 2.10. The lowest BCUT2D eigenvalue weighted by molar-refractivity contribution is -0.114. The predicted molar refractivity (Wildman–Crippen MR) is 49.7 cm³/mol. The van der Waals surface area contributed by atoms with Gasteiger partial charge in [0.25, 0.3) is 0 Å². The molecule has 1 N–H and O–H groups in total. The Hall–Kier alpha value is -1.58. The van der Waals surface area contributed by atoms with Crippen molar-refractivity contribution in [2.75, 3.05) is 5.32 Å². The standard InChI is InChI=1S/C7H7NO3.C2H6/c1-5(10)8-6-2-7(3-9)11-4-6;1-2/h2-4H,1H3,(H,8,10);1-2H3. The third-order valence-electron chi connectivity index (χ3n) is 1.06. The summed E-state index contributed by atoms with van der Waals surface area (Å²) in [4.78, 5) is 20.6. The first-order valence-electron chi connectivity index (χ1n) is 4.03. The molecule has 0 fully saturated rings. The highest BCUT2D eigenvalue weighted by atomic mass is 16.3. The molecule has 0 spiro atoms. The van der Waals surface area contributed by atoms with Crippen LogP contribution in [-0.4, -0.2) is 12.2 Å². The van der Waals surface area contributed by atoms with Crippen molar-refractivity contribution in [3.8, 4) is 0 Å². The smallest absolute Gasteiger partial charge is 0.221 e. The van der Waals surface area contributed by atoms with Crippen LogP contribution in [0, 0.1) is 0 Å². The van der Waals surface area contributed by atoms with Crippen LogP contribution in [0.4, 0.5) is 5.69 Å². The van der Waals surface area contributed by atoms with Crippen LogP contribution in [-0.2, 0) is 4.79 Å². The fraction of sp³-hybridized carbons (Fsp3) is 0.333. The number of carbonyl (C=O) groups excluding carboxylic acids is 2. The van der Waals surface area contributed by atoms with Gasteiger partial charge in [-0.3, -0.25) is 9.59 Å². The second-order valence-corrected chi connectivity index (χ2v) is 2.04. The second kappa shape index (κ2) is 5.99. The molecule has 4 nitrogen and oxygen atoms in total. The number of anilines is 1. The first-order valence-corrected chi connectivity index (χ1v) is 4.03. The number of furan rings is 1. The molecule has 0 aliphatic heterocycles. The number of rotatable bonds is 2. The van der Waals surface area contributed by atoms with Gasteiger partial charge in [0.05, 0.1) is 5.69 Å². The van der Waals surface area contributed by atoms with Crippen LogP contribution in [0.1, 0.15) is 31.3 Å². The molecule has 0 radical (unpaired) electrons. The summed E-state index contributed by atoms with van der Waals surface area (Å²) in [6, 6.07) is 1.45. The summed E-state index contributed by atoms with van der Waals surface area (Å²) in [6.07, 6.45) is 1.89. The van der Waals surface area contributed by atoms with Crippen LogP contribution in [0.5, 0.6) is 0 Å². The summed E-state index contributed by atoms with van der Waals surface area (Å²) in [5.74, 6) is 0.0111. The highest BCUT2D eigenvalue weighted by Gasteiger charge is 2.00. The molecule has 4 heteroatoms. The van der Waals surface area contributed by atoms with Crippen LogP contribution in [0.25, 0.3) is 0 Å². The Balaban J connectivity index is 0.000000671. The molecule has 0 saturated carbocycles. The van der Waals surface area contributed by atoms with E-state index in [2.05, 4.69) is 5.32 Å². The average molecular weight is 183 g/mol. The second-order valence-electron chi connectivity index (χ2n) is 2.04. The summed E-state index contributed by atoms with van der Waals surface area (Å²) in [5, 5.41) is 2.47. The first-order chi connectivity index (χ1) is 6.22. The van der Waals surface area contributed by atoms with E-state index < -0.39 is 0 Å². The van der Waals surface area contributed by atoms with E-state index >= 15 is 0 Å². The molecule has 1 aromatic heterocycles. The number of hydrogen-bond donors (Lipinski definition) is 1. The normalized spacial score (nSPS) is 8.23. The zero-order chi connectivity index (χ0) is 10.3. The Morgan fingerprint density at radius 2 is 2.15 bits per heavy atom. The van der Waals surface area contributed by atoms with Crippen LogP contribution in [0.2, 0.25) is 0 Å². The summed E-state index contributed by atoms with van der Waals surface area (Å²) < 4.78 is 4.73. The zero-order valence-corrected chi connectivity index (χ0v) is 7.96. The van der Waals surface area contributed by atoms with Crippen molar-refractivity contribution in [2.24, 2.45) is 0 Å². The maximum Gasteiger partial charge on any atom is 0.221 e. The van der Waals surface area contributed by atoms with E-state index in [1.807, 2.05) is 13.8 Å². The minimum Gasteiger partial charge on any atom is -0.459 e. The van der Waals surface area contributed by atoms with Crippen LogP contribution < -0.4 is 5.32 Å². The van der Waals surface area contributed by atoms with E-state index in [1.54, 1.807) is 0 Å². The van der Waals surface area contributed by atoms with E-state index in [1.165, 1.54) is 19.3 Å². The Morgan fingerprint density at radius 1 is 1.54 bits per heavy atom. The molecular formula is C9H13NO3. The third-order valence-corrected chi connectivity index (χ3v) is 1.06. The van der Waals surface area contributed by atoms with E-state index in [0.717, 1.165) is 0 Å². The monoisotopic (exact) mass is 183 g/mol. The number of carbonyl (C=O) groups is 2. The third kappa shape index (κ3) is 4.10. The van der Waals surface area contributed by atoms with Crippen LogP contribution in [0.3, 0.4) is 0 Å². The SMILES string of the molecule is CC.CC(=O)Nc1coc(C=O)c1. The minimum absolute atomic E-state index is 0.191. The molecule has 0 aromatic carbocycles. The molecular weight excluding hydrogens is 170 g/mol. The maximum atomic E-state index is 10.5. The topological polar surface area (TPSA) is 59.3 Å². The van der Waals surface area contributed by atoms with Gasteiger partial charge in [0, 0.05) is 13.0 Å². The summed E-state index contributed by atoms with van der Waals surface area (Å²) in [7, 11) is 0. The lowest BCUT2D eigenvalue weighted by Crippen LogP contribution is -2.04. The van der Waals surface area contributed by atoms with Gasteiger partial charge in [0.2, 0.25) is 5.91 Å². The molecule has 0 saturated heterocycles. The van der Waals surface area contributed by atoms with Crippen molar-refractivity contribution in [2.45, 2.75) is 20.8 Å². The van der Waals surface area contributed by atoms with Gasteiger partial charge >= 0.3 is 0 Å². The highest BCUT2D eigenvalue weighted by molar-refractivity contribution is 5.89. The molecule has 0 aliphatic rings. The van der Waals surface area contributed by atoms with Crippen molar-refractivity contribution in [3.63, 3.8) is 0 Å². The molecule has 1 aromatic rings. The van der Waals surface area contributed by atoms with Crippen LogP contribution in [0.15, 0.2) is 16.7 Å². The Morgan fingerprint density at radius 3 is 2.54 bits per heavy atom. The Bertz CT molecular complexity index is 278. The fourth-order valence-electron chi connectivity index (χ4n) is 0.683. The molecule has 0 aliphatic carbocycles. The van der Waals surface area contributed by atoms with Crippen molar-refractivity contribution in [1.82, 2.24) is 0 Å². The molecule has 13 heavy (non-hydrogen) atoms. The van der Waals surface area contributed by atoms with Gasteiger partial charge in [0.15, 0.2) is 12.0 Å². The maximum absolute atomic E-state index is 10.5. The fourth-order valence-corrected chi connectivity index (χ4v) is 0.683. The lowest BCUT2D eigenvalue weighted by atomic mass is 10.4. The number of aldehydes is 1. The van der Waals surface area contributed by atoms with Gasteiger partial charge in [-0.1, -0.05) is 13.8 Å². The van der Waals surface area contributed by atoms with Crippen molar-refractivity contribution < 1.29 is 14.0 Å². The molecule has 0 unspecified atom stereocenters. The van der Waals surface area contributed by atoms with Gasteiger partial charge in [-0.25, -0.2) is 0 Å². The summed E-state index contributed by atoms with van der Waals surface area (Å²) in [6.45, 7) is 5.38. The van der Waals surface area contributed by atoms with E-state index in [-0.39, 0.29) is 11.7 Å². The number of amides is 1. The zero-order valence-electron chi connectivity index (χ0n) is 7.96. The molecule has 1 rings (SSSR count). The Labute approximate surface area is 76.9 Å². The lowest BCUT2D eigenvalue weighted by Gasteiger charge is -1.91. The first kappa shape index (κ1) is 11.4. The van der Waals surface area contributed by atoms with Gasteiger partial charge in [-0.2, -0.15) is 0 Å². The average Bonchev–Trinajstić information content (AvgIpc) is 2.55. The van der Waals surface area contributed by atoms with E-state index in [4.69, 9.17) is 4.42 Å². The molecule has 0 atom stereocenters. The minimum atomic E-state index is -0.191. The molecule has 1 amide bonds. The van der Waals surface area contributed by atoms with Gasteiger partial charge in [0.1, 0.15) is 6.26 Å². The number of nitrogens with one attached hydrogen (secondary N) is 1. The van der Waals surface area contributed by atoms with Gasteiger partial charge in [-0.05, 0) is 0 Å². The quantitative estimate of drug-likeness (QED) is 0.714. The molecule has 72 valence electrons. The van der Waals surface area contributed by atoms with Crippen molar-refractivity contribution in [3.05, 3.63) is 18.1 Å². The summed E-state index contributed by atoms with van der Waals surface area (Å²) >= 11 is 0. The predicted octanol–water partition coefficient (Wildman–Crippen LogP) is 2.08.